The minimum atomic E-state index is -0.386. The molecule has 462 valence electrons. The van der Waals surface area contributed by atoms with Gasteiger partial charge in [-0.05, 0) is 92.0 Å². The molecule has 0 heterocycles. The molecule has 0 saturated carbocycles. The number of aryl methyl sites for hydroxylation is 1. The first-order valence-electron chi connectivity index (χ1n) is 33.3. The third kappa shape index (κ3) is 38.6. The van der Waals surface area contributed by atoms with Crippen molar-refractivity contribution < 1.29 is 45.9 Å². The Hall–Kier alpha value is -4.23. The number of unbranched alkanes of at least 4 members (excludes halogenated alkanes) is 29. The Morgan fingerprint density at radius 1 is 0.378 bits per heavy atom. The van der Waals surface area contributed by atoms with Crippen molar-refractivity contribution in [1.82, 2.24) is 0 Å². The van der Waals surface area contributed by atoms with E-state index in [2.05, 4.69) is 34.6 Å². The molecule has 8 nitrogen and oxygen atoms in total. The fraction of sp³-hybridized carbons (Fsp3) is 0.671. The number of hydrogen-bond acceptors (Lipinski definition) is 8. The number of benzene rings is 3. The zero-order chi connectivity index (χ0) is 59.0. The Bertz CT molecular complexity index is 2210. The molecule has 3 aromatic rings. The second-order valence-electron chi connectivity index (χ2n) is 23.5. The van der Waals surface area contributed by atoms with E-state index in [1.54, 1.807) is 18.3 Å². The molecule has 0 fully saturated rings. The van der Waals surface area contributed by atoms with Gasteiger partial charge in [0.15, 0.2) is 0 Å². The summed E-state index contributed by atoms with van der Waals surface area (Å²) >= 11 is 0. The first kappa shape index (κ1) is 75.8. The first-order valence-corrected chi connectivity index (χ1v) is 33.3. The van der Waals surface area contributed by atoms with Crippen molar-refractivity contribution in [3.05, 3.63) is 82.4 Å². The van der Waals surface area contributed by atoms with Crippen LogP contribution >= 0.6 is 0 Å². The van der Waals surface area contributed by atoms with Gasteiger partial charge in [-0.25, -0.2) is 0 Å². The molecular formula is C73H114N2NiO6. The molecule has 0 spiro atoms. The number of carbonyl (C=O) groups excluding carboxylic acids is 4. The number of nitrogens with zero attached hydrogens (tertiary/aromatic N) is 2. The van der Waals surface area contributed by atoms with Gasteiger partial charge < -0.3 is 10.2 Å². The van der Waals surface area contributed by atoms with E-state index in [0.717, 1.165) is 104 Å². The molecule has 0 amide bonds. The Morgan fingerprint density at radius 3 is 1.06 bits per heavy atom. The number of hydrogen-bond donors (Lipinski definition) is 0. The minimum absolute atomic E-state index is 0. The third-order valence-electron chi connectivity index (χ3n) is 15.7. The van der Waals surface area contributed by atoms with Gasteiger partial charge in [0.1, 0.15) is 23.1 Å². The molecular weight excluding hydrogens is 1060 g/mol. The van der Waals surface area contributed by atoms with Gasteiger partial charge in [-0.1, -0.05) is 257 Å². The average molecular weight is 1170 g/mol. The topological polar surface area (TPSA) is 139 Å². The maximum Gasteiger partial charge on any atom is 2.00 e. The van der Waals surface area contributed by atoms with Crippen LogP contribution in [0, 0.1) is 0 Å². The smallest absolute Gasteiger partial charge is 0.873 e. The van der Waals surface area contributed by atoms with Gasteiger partial charge >= 0.3 is 16.5 Å². The van der Waals surface area contributed by atoms with Crippen LogP contribution in [-0.4, -0.2) is 35.1 Å². The van der Waals surface area contributed by atoms with Crippen LogP contribution in [0.1, 0.15) is 313 Å². The van der Waals surface area contributed by atoms with Crippen molar-refractivity contribution in [3.63, 3.8) is 0 Å². The van der Waals surface area contributed by atoms with Crippen molar-refractivity contribution in [2.24, 2.45) is 9.98 Å². The van der Waals surface area contributed by atoms with Gasteiger partial charge in [-0.2, -0.15) is 0 Å². The molecule has 0 aliphatic heterocycles. The van der Waals surface area contributed by atoms with Crippen LogP contribution in [0.4, 0.5) is 11.4 Å². The van der Waals surface area contributed by atoms with Crippen LogP contribution < -0.4 is 10.2 Å². The van der Waals surface area contributed by atoms with Gasteiger partial charge in [-0.15, -0.1) is 11.5 Å². The van der Waals surface area contributed by atoms with E-state index < -0.39 is 0 Å². The summed E-state index contributed by atoms with van der Waals surface area (Å²) < 4.78 is 0. The zero-order valence-corrected chi connectivity index (χ0v) is 53.8. The predicted octanol–water partition coefficient (Wildman–Crippen LogP) is 19.9. The number of carbonyl (C=O) groups is 4. The summed E-state index contributed by atoms with van der Waals surface area (Å²) in [6.07, 6.45) is 46.6. The molecule has 0 bridgehead atoms. The van der Waals surface area contributed by atoms with E-state index in [-0.39, 0.29) is 51.1 Å². The van der Waals surface area contributed by atoms with E-state index >= 15 is 0 Å². The molecule has 0 aromatic heterocycles. The van der Waals surface area contributed by atoms with Crippen LogP contribution in [0.15, 0.2) is 64.6 Å². The summed E-state index contributed by atoms with van der Waals surface area (Å²) in [5, 5.41) is 22.1. The fourth-order valence-electron chi connectivity index (χ4n) is 10.6. The Balaban J connectivity index is 0.00000228. The van der Waals surface area contributed by atoms with E-state index in [4.69, 9.17) is 9.98 Å². The van der Waals surface area contributed by atoms with E-state index in [1.165, 1.54) is 160 Å². The molecule has 0 atom stereocenters. The largest absolute Gasteiger partial charge is 2.00 e. The van der Waals surface area contributed by atoms with Gasteiger partial charge in [0.05, 0.1) is 17.1 Å². The van der Waals surface area contributed by atoms with Crippen molar-refractivity contribution in [3.8, 4) is 11.5 Å². The van der Waals surface area contributed by atoms with Crippen LogP contribution in [0.5, 0.6) is 11.5 Å². The SMILES string of the molecule is CCCCCCCCCCC(=O)Cc1ccc(N=CC(C)=Nc2ccc(CC(=O)CCCCCCCCCC)c(CC(=O)CCCCCCCCCC)c2)cc1CC(=O)CCCCCCCCCC.CCCCc1cccc([O-])c1[O-].[Ni+2]. The van der Waals surface area contributed by atoms with Crippen molar-refractivity contribution in [2.75, 3.05) is 0 Å². The molecule has 0 N–H and O–H groups in total. The number of rotatable bonds is 50. The molecule has 0 aliphatic carbocycles. The van der Waals surface area contributed by atoms with E-state index in [9.17, 15) is 29.4 Å². The second kappa shape index (κ2) is 51.2. The fourth-order valence-corrected chi connectivity index (χ4v) is 10.6. The maximum absolute atomic E-state index is 13.4. The molecule has 3 aromatic carbocycles. The summed E-state index contributed by atoms with van der Waals surface area (Å²) in [5.41, 5.74) is 6.53. The van der Waals surface area contributed by atoms with Gasteiger partial charge in [0, 0.05) is 57.6 Å². The second-order valence-corrected chi connectivity index (χ2v) is 23.5. The maximum atomic E-state index is 13.4. The Kier molecular flexibility index (Phi) is 47.3. The van der Waals surface area contributed by atoms with Crippen molar-refractivity contribution in [2.45, 2.75) is 318 Å². The van der Waals surface area contributed by atoms with Crippen molar-refractivity contribution >= 4 is 46.4 Å². The molecule has 0 radical (unpaired) electrons. The summed E-state index contributed by atoms with van der Waals surface area (Å²) in [6.45, 7) is 13.0. The van der Waals surface area contributed by atoms with E-state index in [0.29, 0.717) is 62.6 Å². The Morgan fingerprint density at radius 2 is 0.695 bits per heavy atom. The number of ketones is 4. The quantitative estimate of drug-likeness (QED) is 0.0313. The minimum Gasteiger partial charge on any atom is -0.873 e. The van der Waals surface area contributed by atoms with E-state index in [1.807, 2.05) is 43.3 Å². The summed E-state index contributed by atoms with van der Waals surface area (Å²) in [7, 11) is 0. The average Bonchev–Trinajstić information content (AvgIpc) is 3.45. The van der Waals surface area contributed by atoms with Crippen LogP contribution in [-0.2, 0) is 67.8 Å². The van der Waals surface area contributed by atoms with Gasteiger partial charge in [0.25, 0.3) is 0 Å². The summed E-state index contributed by atoms with van der Waals surface area (Å²) in [4.78, 5) is 62.9. The molecule has 82 heavy (non-hydrogen) atoms. The van der Waals surface area contributed by atoms with Crippen LogP contribution in [0.2, 0.25) is 0 Å². The summed E-state index contributed by atoms with van der Waals surface area (Å²) in [6, 6.07) is 16.6. The van der Waals surface area contributed by atoms with Gasteiger partial charge in [-0.3, -0.25) is 29.2 Å². The molecule has 3 rings (SSSR count). The normalized spacial score (nSPS) is 11.4. The molecule has 9 heteroatoms. The number of aliphatic imine (C=N–C) groups is 2. The third-order valence-corrected chi connectivity index (χ3v) is 15.7. The molecule has 0 saturated heterocycles. The molecule has 0 unspecified atom stereocenters. The monoisotopic (exact) mass is 1170 g/mol. The van der Waals surface area contributed by atoms with Gasteiger partial charge in [0.2, 0.25) is 0 Å². The van der Waals surface area contributed by atoms with Crippen LogP contribution in [0.3, 0.4) is 0 Å². The van der Waals surface area contributed by atoms with Crippen LogP contribution in [0.25, 0.3) is 0 Å². The number of Topliss-reactive ketones (excluding diaryl/α,β-unsaturated/α-hetero) is 4. The zero-order valence-electron chi connectivity index (χ0n) is 52.8. The van der Waals surface area contributed by atoms with Crippen molar-refractivity contribution in [1.29, 1.82) is 0 Å². The number of para-hydroxylation sites is 1. The molecule has 0 aliphatic rings. The standard InChI is InChI=1S/C63H102N2O4.C10H14O2.Ni/c1-6-10-14-18-22-26-30-34-38-60(66)48-54-42-44-58(46-56(54)50-62(68)40-36-32-28-24-20-16-12-8-3)64-52-53(5)65-59-45-43-55(49-61(67)39-35-31-27-23-19-15-11-7-2)57(47-59)51-63(69)41-37-33-29-25-21-17-13-9-4;1-2-3-5-8-6-4-7-9(11)10(8)12;/h42-47,52H,6-41,48-51H2,1-5H3;4,6-7,11-12H,2-3,5H2,1H3;/q;;+2/p-2. The summed E-state index contributed by atoms with van der Waals surface area (Å²) in [5.74, 6) is 0.217. The predicted molar refractivity (Wildman–Crippen MR) is 342 cm³/mol. The first-order chi connectivity index (χ1) is 39.4. The Labute approximate surface area is 511 Å².